The van der Waals surface area contributed by atoms with Gasteiger partial charge in [-0.05, 0) is 26.7 Å². The molecule has 2 atom stereocenters. The molecule has 88 valence electrons. The van der Waals surface area contributed by atoms with E-state index < -0.39 is 5.60 Å². The van der Waals surface area contributed by atoms with Crippen LogP contribution in [0.15, 0.2) is 0 Å². The third kappa shape index (κ3) is 3.47. The van der Waals surface area contributed by atoms with Crippen molar-refractivity contribution in [1.29, 1.82) is 0 Å². The molecule has 0 saturated carbocycles. The van der Waals surface area contributed by atoms with Crippen molar-refractivity contribution in [3.8, 4) is 0 Å². The normalized spacial score (nSPS) is 26.7. The molecular weight excluding hydrogens is 194 g/mol. The molecule has 0 spiro atoms. The lowest BCUT2D eigenvalue weighted by Gasteiger charge is -2.21. The fourth-order valence-corrected chi connectivity index (χ4v) is 1.82. The van der Waals surface area contributed by atoms with E-state index in [-0.39, 0.29) is 12.0 Å². The van der Waals surface area contributed by atoms with Crippen molar-refractivity contribution in [1.82, 2.24) is 5.32 Å². The van der Waals surface area contributed by atoms with E-state index in [2.05, 4.69) is 12.2 Å². The molecule has 15 heavy (non-hydrogen) atoms. The van der Waals surface area contributed by atoms with Crippen LogP contribution in [0.2, 0.25) is 0 Å². The van der Waals surface area contributed by atoms with Gasteiger partial charge in [0.25, 0.3) is 5.91 Å². The Labute approximate surface area is 91.0 Å². The molecular formula is C11H21NO3. The fraction of sp³-hybridized carbons (Fsp3) is 0.909. The van der Waals surface area contributed by atoms with Crippen molar-refractivity contribution in [3.63, 3.8) is 0 Å². The lowest BCUT2D eigenvalue weighted by Crippen LogP contribution is -2.44. The average Bonchev–Trinajstić information content (AvgIpc) is 2.59. The maximum absolute atomic E-state index is 11.4. The van der Waals surface area contributed by atoms with Gasteiger partial charge in [0.1, 0.15) is 5.60 Å². The van der Waals surface area contributed by atoms with Gasteiger partial charge in [0.2, 0.25) is 0 Å². The summed E-state index contributed by atoms with van der Waals surface area (Å²) in [4.78, 5) is 11.4. The highest BCUT2D eigenvalue weighted by atomic mass is 16.5. The highest BCUT2D eigenvalue weighted by Crippen LogP contribution is 2.22. The van der Waals surface area contributed by atoms with Gasteiger partial charge in [-0.3, -0.25) is 4.79 Å². The number of carbonyl (C=O) groups excluding carboxylic acids is 1. The Bertz CT molecular complexity index is 222. The van der Waals surface area contributed by atoms with Crippen LogP contribution < -0.4 is 5.32 Å². The van der Waals surface area contributed by atoms with E-state index in [9.17, 15) is 9.90 Å². The Kier molecular flexibility index (Phi) is 4.11. The van der Waals surface area contributed by atoms with Crippen LogP contribution in [0.3, 0.4) is 0 Å². The summed E-state index contributed by atoms with van der Waals surface area (Å²) in [6.07, 6.45) is 2.22. The van der Waals surface area contributed by atoms with E-state index in [4.69, 9.17) is 4.74 Å². The summed E-state index contributed by atoms with van der Waals surface area (Å²) in [5, 5.41) is 12.2. The summed E-state index contributed by atoms with van der Waals surface area (Å²) in [7, 11) is 0. The minimum atomic E-state index is -1.29. The second-order valence-corrected chi connectivity index (χ2v) is 4.64. The first-order chi connectivity index (χ1) is 6.95. The highest BCUT2D eigenvalue weighted by molar-refractivity contribution is 5.83. The second-order valence-electron chi connectivity index (χ2n) is 4.64. The van der Waals surface area contributed by atoms with E-state index in [0.717, 1.165) is 19.4 Å². The van der Waals surface area contributed by atoms with E-state index in [1.165, 1.54) is 13.8 Å². The van der Waals surface area contributed by atoms with Crippen LogP contribution in [0, 0.1) is 5.92 Å². The maximum atomic E-state index is 11.4. The van der Waals surface area contributed by atoms with E-state index in [1.54, 1.807) is 0 Å². The van der Waals surface area contributed by atoms with Crippen LogP contribution >= 0.6 is 0 Å². The Morgan fingerprint density at radius 3 is 2.80 bits per heavy atom. The SMILES string of the molecule is CCC1OCCC1CNC(=O)C(C)(C)O. The van der Waals surface area contributed by atoms with Crippen LogP contribution in [0.1, 0.15) is 33.6 Å². The van der Waals surface area contributed by atoms with Gasteiger partial charge in [0, 0.05) is 19.1 Å². The molecule has 1 rings (SSSR count). The van der Waals surface area contributed by atoms with Gasteiger partial charge in [-0.25, -0.2) is 0 Å². The third-order valence-corrected chi connectivity index (χ3v) is 2.83. The predicted octanol–water partition coefficient (Wildman–Crippen LogP) is 0.689. The molecule has 0 aliphatic carbocycles. The van der Waals surface area contributed by atoms with Gasteiger partial charge in [-0.1, -0.05) is 6.92 Å². The summed E-state index contributed by atoms with van der Waals surface area (Å²) in [5.74, 6) is 0.0746. The smallest absolute Gasteiger partial charge is 0.251 e. The quantitative estimate of drug-likeness (QED) is 0.725. The predicted molar refractivity (Wildman–Crippen MR) is 57.4 cm³/mol. The average molecular weight is 215 g/mol. The molecule has 0 bridgehead atoms. The minimum absolute atomic E-state index is 0.257. The third-order valence-electron chi connectivity index (χ3n) is 2.83. The largest absolute Gasteiger partial charge is 0.381 e. The van der Waals surface area contributed by atoms with Crippen LogP contribution in [0.25, 0.3) is 0 Å². The first kappa shape index (κ1) is 12.5. The molecule has 1 saturated heterocycles. The molecule has 4 nitrogen and oxygen atoms in total. The van der Waals surface area contributed by atoms with Crippen molar-refractivity contribution in [2.45, 2.75) is 45.3 Å². The number of aliphatic hydroxyl groups is 1. The van der Waals surface area contributed by atoms with E-state index in [1.807, 2.05) is 0 Å². The topological polar surface area (TPSA) is 58.6 Å². The zero-order valence-electron chi connectivity index (χ0n) is 9.75. The Balaban J connectivity index is 2.34. The summed E-state index contributed by atoms with van der Waals surface area (Å²) in [6.45, 7) is 6.44. The molecule has 0 aromatic heterocycles. The lowest BCUT2D eigenvalue weighted by molar-refractivity contribution is -0.136. The molecule has 0 radical (unpaired) electrons. The van der Waals surface area contributed by atoms with Crippen molar-refractivity contribution >= 4 is 5.91 Å². The minimum Gasteiger partial charge on any atom is -0.381 e. The van der Waals surface area contributed by atoms with Crippen LogP contribution in [-0.2, 0) is 9.53 Å². The molecule has 1 fully saturated rings. The molecule has 1 amide bonds. The van der Waals surface area contributed by atoms with E-state index >= 15 is 0 Å². The van der Waals surface area contributed by atoms with Gasteiger partial charge in [0.05, 0.1) is 6.10 Å². The molecule has 2 N–H and O–H groups in total. The van der Waals surface area contributed by atoms with Crippen molar-refractivity contribution in [2.75, 3.05) is 13.2 Å². The number of amides is 1. The first-order valence-corrected chi connectivity index (χ1v) is 5.57. The summed E-state index contributed by atoms with van der Waals surface area (Å²) < 4.78 is 5.52. The zero-order valence-corrected chi connectivity index (χ0v) is 9.75. The number of rotatable bonds is 4. The number of nitrogens with one attached hydrogen (secondary N) is 1. The van der Waals surface area contributed by atoms with Crippen molar-refractivity contribution in [2.24, 2.45) is 5.92 Å². The maximum Gasteiger partial charge on any atom is 0.251 e. The summed E-state index contributed by atoms with van der Waals surface area (Å²) in [6, 6.07) is 0. The molecule has 2 unspecified atom stereocenters. The first-order valence-electron chi connectivity index (χ1n) is 5.57. The number of hydrogen-bond donors (Lipinski definition) is 2. The van der Waals surface area contributed by atoms with Gasteiger partial charge < -0.3 is 15.2 Å². The standard InChI is InChI=1S/C11H21NO3/c1-4-9-8(5-6-15-9)7-12-10(13)11(2,3)14/h8-9,14H,4-7H2,1-3H3,(H,12,13). The number of ether oxygens (including phenoxy) is 1. The molecule has 0 aromatic carbocycles. The fourth-order valence-electron chi connectivity index (χ4n) is 1.82. The number of hydrogen-bond acceptors (Lipinski definition) is 3. The van der Waals surface area contributed by atoms with Crippen LogP contribution in [0.4, 0.5) is 0 Å². The Morgan fingerprint density at radius 2 is 2.27 bits per heavy atom. The summed E-state index contributed by atoms with van der Waals surface area (Å²) in [5.41, 5.74) is -1.29. The van der Waals surface area contributed by atoms with Crippen LogP contribution in [0.5, 0.6) is 0 Å². The number of carbonyl (C=O) groups is 1. The second kappa shape index (κ2) is 4.94. The monoisotopic (exact) mass is 215 g/mol. The summed E-state index contributed by atoms with van der Waals surface area (Å²) >= 11 is 0. The molecule has 1 heterocycles. The van der Waals surface area contributed by atoms with Gasteiger partial charge in [0.15, 0.2) is 0 Å². The van der Waals surface area contributed by atoms with Crippen molar-refractivity contribution < 1.29 is 14.6 Å². The molecule has 4 heteroatoms. The van der Waals surface area contributed by atoms with Gasteiger partial charge in [-0.15, -0.1) is 0 Å². The Hall–Kier alpha value is -0.610. The molecule has 0 aromatic rings. The van der Waals surface area contributed by atoms with Crippen LogP contribution in [-0.4, -0.2) is 35.9 Å². The lowest BCUT2D eigenvalue weighted by atomic mass is 9.99. The molecule has 1 aliphatic rings. The van der Waals surface area contributed by atoms with Gasteiger partial charge in [-0.2, -0.15) is 0 Å². The zero-order chi connectivity index (χ0) is 11.5. The van der Waals surface area contributed by atoms with Gasteiger partial charge >= 0.3 is 0 Å². The van der Waals surface area contributed by atoms with E-state index in [0.29, 0.717) is 12.5 Å². The highest BCUT2D eigenvalue weighted by Gasteiger charge is 2.29. The molecule has 1 aliphatic heterocycles. The van der Waals surface area contributed by atoms with Crippen molar-refractivity contribution in [3.05, 3.63) is 0 Å². The Morgan fingerprint density at radius 1 is 1.60 bits per heavy atom.